The van der Waals surface area contributed by atoms with Crippen LogP contribution in [0, 0.1) is 5.92 Å². The number of aromatic nitrogens is 1. The largest absolute Gasteiger partial charge is 0.357 e. The molecule has 0 spiro atoms. The number of hydrogen-bond acceptors (Lipinski definition) is 3. The summed E-state index contributed by atoms with van der Waals surface area (Å²) in [5.41, 5.74) is 1.26. The molecule has 2 fully saturated rings. The number of rotatable bonds is 7. The highest BCUT2D eigenvalue weighted by atomic mass is 127. The van der Waals surface area contributed by atoms with Gasteiger partial charge in [-0.05, 0) is 31.9 Å². The van der Waals surface area contributed by atoms with Crippen molar-refractivity contribution in [2.24, 2.45) is 18.0 Å². The number of halogens is 1. The molecule has 3 rings (SSSR count). The first-order valence-electron chi connectivity index (χ1n) is 10.7. The van der Waals surface area contributed by atoms with Crippen LogP contribution in [0.5, 0.6) is 0 Å². The lowest BCUT2D eigenvalue weighted by Crippen LogP contribution is -2.51. The molecule has 1 aliphatic heterocycles. The third kappa shape index (κ3) is 6.60. The zero-order chi connectivity index (χ0) is 19.9. The van der Waals surface area contributed by atoms with Crippen molar-refractivity contribution in [1.82, 2.24) is 24.6 Å². The zero-order valence-electron chi connectivity index (χ0n) is 18.1. The van der Waals surface area contributed by atoms with Crippen LogP contribution in [0.2, 0.25) is 0 Å². The molecule has 8 heteroatoms. The Morgan fingerprint density at radius 1 is 1.28 bits per heavy atom. The molecular formula is C21H37IN6O. The van der Waals surface area contributed by atoms with Crippen molar-refractivity contribution >= 4 is 35.8 Å². The van der Waals surface area contributed by atoms with Crippen LogP contribution >= 0.6 is 24.0 Å². The normalized spacial score (nSPS) is 18.2. The summed E-state index contributed by atoms with van der Waals surface area (Å²) in [5, 5.41) is 3.39. The Bertz CT molecular complexity index is 664. The molecule has 0 aromatic carbocycles. The number of piperazine rings is 1. The van der Waals surface area contributed by atoms with Crippen LogP contribution in [0.3, 0.4) is 0 Å². The van der Waals surface area contributed by atoms with E-state index in [9.17, 15) is 4.79 Å². The number of nitrogens with zero attached hydrogens (tertiary/aromatic N) is 5. The summed E-state index contributed by atoms with van der Waals surface area (Å²) in [6, 6.07) is 4.22. The fraction of sp³-hybridized carbons (Fsp3) is 0.714. The van der Waals surface area contributed by atoms with Gasteiger partial charge >= 0.3 is 0 Å². The maximum atomic E-state index is 12.4. The van der Waals surface area contributed by atoms with Gasteiger partial charge in [-0.1, -0.05) is 6.42 Å². The van der Waals surface area contributed by atoms with Crippen LogP contribution in [-0.2, 0) is 18.4 Å². The Labute approximate surface area is 192 Å². The van der Waals surface area contributed by atoms with Crippen LogP contribution in [-0.4, -0.2) is 84.0 Å². The molecule has 1 aromatic rings. The monoisotopic (exact) mass is 516 g/mol. The van der Waals surface area contributed by atoms with Crippen molar-refractivity contribution in [2.75, 3.05) is 52.9 Å². The van der Waals surface area contributed by atoms with Gasteiger partial charge in [0.05, 0.1) is 13.1 Å². The summed E-state index contributed by atoms with van der Waals surface area (Å²) in [5.74, 6) is 1.65. The summed E-state index contributed by atoms with van der Waals surface area (Å²) in [6.07, 6.45) is 5.48. The molecule has 0 radical (unpaired) electrons. The average molecular weight is 516 g/mol. The minimum atomic E-state index is 0. The quantitative estimate of drug-likeness (QED) is 0.342. The Morgan fingerprint density at radius 3 is 2.55 bits per heavy atom. The molecule has 1 N–H and O–H groups in total. The number of aryl methyl sites for hydroxylation is 1. The second kappa shape index (κ2) is 11.8. The fourth-order valence-electron chi connectivity index (χ4n) is 3.85. The third-order valence-electron chi connectivity index (χ3n) is 5.96. The van der Waals surface area contributed by atoms with Gasteiger partial charge in [-0.2, -0.15) is 0 Å². The van der Waals surface area contributed by atoms with Crippen LogP contribution in [0.1, 0.15) is 31.9 Å². The molecule has 1 aromatic heterocycles. The molecular weight excluding hydrogens is 479 g/mol. The molecule has 0 unspecified atom stereocenters. The minimum absolute atomic E-state index is 0. The van der Waals surface area contributed by atoms with E-state index in [0.29, 0.717) is 11.8 Å². The molecule has 1 saturated heterocycles. The summed E-state index contributed by atoms with van der Waals surface area (Å²) in [4.78, 5) is 23.9. The summed E-state index contributed by atoms with van der Waals surface area (Å²) in [7, 11) is 4.15. The van der Waals surface area contributed by atoms with Gasteiger partial charge in [0, 0.05) is 71.2 Å². The molecule has 2 heterocycles. The summed E-state index contributed by atoms with van der Waals surface area (Å²) >= 11 is 0. The average Bonchev–Trinajstić information content (AvgIpc) is 3.04. The smallest absolute Gasteiger partial charge is 0.225 e. The van der Waals surface area contributed by atoms with E-state index in [1.54, 1.807) is 0 Å². The van der Waals surface area contributed by atoms with Crippen molar-refractivity contribution < 1.29 is 4.79 Å². The lowest BCUT2D eigenvalue weighted by molar-refractivity contribution is -0.139. The maximum Gasteiger partial charge on any atom is 0.225 e. The number of nitrogens with one attached hydrogen (secondary N) is 1. The van der Waals surface area contributed by atoms with Crippen molar-refractivity contribution in [3.05, 3.63) is 24.0 Å². The Morgan fingerprint density at radius 2 is 2.00 bits per heavy atom. The number of guanidine groups is 1. The highest BCUT2D eigenvalue weighted by Gasteiger charge is 2.30. The molecule has 2 aliphatic rings. The van der Waals surface area contributed by atoms with Gasteiger partial charge in [0.15, 0.2) is 5.96 Å². The summed E-state index contributed by atoms with van der Waals surface area (Å²) < 4.78 is 2.14. The second-order valence-electron chi connectivity index (χ2n) is 8.00. The first-order valence-corrected chi connectivity index (χ1v) is 10.7. The Hall–Kier alpha value is -1.29. The van der Waals surface area contributed by atoms with Gasteiger partial charge in [0.2, 0.25) is 5.91 Å². The standard InChI is InChI=1S/C21H36N6O.HI/c1-4-22-21(25(3)17-19-9-6-11-24(19)2)23-10-12-26-13-15-27(16-14-26)20(28)18-7-5-8-18;/h6,9,11,18H,4-5,7-8,10,12-17H2,1-3H3,(H,22,23);1H. The van der Waals surface area contributed by atoms with Gasteiger partial charge in [0.25, 0.3) is 0 Å². The molecule has 0 atom stereocenters. The SMILES string of the molecule is CCNC(=NCCN1CCN(C(=O)C2CCC2)CC1)N(C)Cc1cccn1C.I. The van der Waals surface area contributed by atoms with Crippen molar-refractivity contribution in [2.45, 2.75) is 32.7 Å². The van der Waals surface area contributed by atoms with Crippen LogP contribution in [0.25, 0.3) is 0 Å². The first kappa shape index (κ1) is 24.0. The number of amides is 1. The van der Waals surface area contributed by atoms with Gasteiger partial charge in [-0.25, -0.2) is 0 Å². The molecule has 7 nitrogen and oxygen atoms in total. The lowest BCUT2D eigenvalue weighted by atomic mass is 9.84. The molecule has 164 valence electrons. The van der Waals surface area contributed by atoms with Crippen LogP contribution < -0.4 is 5.32 Å². The molecule has 29 heavy (non-hydrogen) atoms. The number of carbonyl (C=O) groups excluding carboxylic acids is 1. The molecule has 1 saturated carbocycles. The molecule has 1 aliphatic carbocycles. The molecule has 1 amide bonds. The topological polar surface area (TPSA) is 56.1 Å². The number of hydrogen-bond donors (Lipinski definition) is 1. The lowest BCUT2D eigenvalue weighted by Gasteiger charge is -2.38. The van der Waals surface area contributed by atoms with E-state index in [4.69, 9.17) is 4.99 Å². The van der Waals surface area contributed by atoms with E-state index in [-0.39, 0.29) is 24.0 Å². The van der Waals surface area contributed by atoms with Crippen LogP contribution in [0.15, 0.2) is 23.3 Å². The van der Waals surface area contributed by atoms with E-state index in [1.807, 2.05) is 0 Å². The fourth-order valence-corrected chi connectivity index (χ4v) is 3.85. The highest BCUT2D eigenvalue weighted by molar-refractivity contribution is 14.0. The number of aliphatic imine (C=N–C) groups is 1. The predicted octanol–water partition coefficient (Wildman–Crippen LogP) is 1.98. The Kier molecular flexibility index (Phi) is 9.74. The van der Waals surface area contributed by atoms with E-state index < -0.39 is 0 Å². The van der Waals surface area contributed by atoms with Crippen molar-refractivity contribution in [3.63, 3.8) is 0 Å². The Balaban J connectivity index is 0.00000300. The van der Waals surface area contributed by atoms with E-state index in [2.05, 4.69) is 63.9 Å². The predicted molar refractivity (Wildman–Crippen MR) is 129 cm³/mol. The summed E-state index contributed by atoms with van der Waals surface area (Å²) in [6.45, 7) is 9.17. The minimum Gasteiger partial charge on any atom is -0.357 e. The van der Waals surface area contributed by atoms with E-state index >= 15 is 0 Å². The van der Waals surface area contributed by atoms with Crippen molar-refractivity contribution in [1.29, 1.82) is 0 Å². The van der Waals surface area contributed by atoms with Gasteiger partial charge in [0.1, 0.15) is 0 Å². The van der Waals surface area contributed by atoms with Gasteiger partial charge in [-0.3, -0.25) is 14.7 Å². The van der Waals surface area contributed by atoms with Crippen LogP contribution in [0.4, 0.5) is 0 Å². The van der Waals surface area contributed by atoms with Gasteiger partial charge in [-0.15, -0.1) is 24.0 Å². The molecule has 0 bridgehead atoms. The van der Waals surface area contributed by atoms with Gasteiger partial charge < -0.3 is 19.7 Å². The van der Waals surface area contributed by atoms with Crippen molar-refractivity contribution in [3.8, 4) is 0 Å². The maximum absolute atomic E-state index is 12.4. The first-order chi connectivity index (χ1) is 13.6. The second-order valence-corrected chi connectivity index (χ2v) is 8.00. The number of carbonyl (C=O) groups is 1. The third-order valence-corrected chi connectivity index (χ3v) is 5.96. The zero-order valence-corrected chi connectivity index (χ0v) is 20.5. The highest BCUT2D eigenvalue weighted by Crippen LogP contribution is 2.28. The van der Waals surface area contributed by atoms with E-state index in [0.717, 1.165) is 71.2 Å². The van der Waals surface area contributed by atoms with E-state index in [1.165, 1.54) is 12.1 Å².